The van der Waals surface area contributed by atoms with E-state index < -0.39 is 59.2 Å². The van der Waals surface area contributed by atoms with Gasteiger partial charge in [0.05, 0.1) is 11.9 Å². The molecular formula is C38H49N9O5. The van der Waals surface area contributed by atoms with E-state index in [0.717, 1.165) is 21.9 Å². The lowest BCUT2D eigenvalue weighted by Gasteiger charge is -2.27. The van der Waals surface area contributed by atoms with Crippen LogP contribution in [0.4, 0.5) is 0 Å². The van der Waals surface area contributed by atoms with Gasteiger partial charge in [0, 0.05) is 31.2 Å². The zero-order chi connectivity index (χ0) is 37.7. The van der Waals surface area contributed by atoms with E-state index in [-0.39, 0.29) is 25.7 Å². The SMILES string of the molecule is CC(C)(N)C(=O)NC(Cc1cnc[nH]1)C(=O)NC(Cc1ccc2ccccc2c1)C(=O)N[C@H](Cc1ccccc1)C(=O)N[C@@H](CCCCN)C(N)=O. The largest absolute Gasteiger partial charge is 0.368 e. The fourth-order valence-electron chi connectivity index (χ4n) is 5.63. The molecule has 5 amide bonds. The first kappa shape index (κ1) is 39.2. The molecule has 0 aliphatic carbocycles. The number of primary amides is 1. The first-order valence-electron chi connectivity index (χ1n) is 17.3. The summed E-state index contributed by atoms with van der Waals surface area (Å²) in [5, 5.41) is 13.0. The van der Waals surface area contributed by atoms with Gasteiger partial charge in [-0.1, -0.05) is 72.8 Å². The molecule has 2 unspecified atom stereocenters. The average Bonchev–Trinajstić information content (AvgIpc) is 3.63. The summed E-state index contributed by atoms with van der Waals surface area (Å²) >= 11 is 0. The van der Waals surface area contributed by atoms with Crippen molar-refractivity contribution in [3.8, 4) is 0 Å². The van der Waals surface area contributed by atoms with E-state index in [1.165, 1.54) is 26.4 Å². The third-order valence-corrected chi connectivity index (χ3v) is 8.60. The van der Waals surface area contributed by atoms with Gasteiger partial charge in [0.25, 0.3) is 0 Å². The van der Waals surface area contributed by atoms with Gasteiger partial charge in [0.2, 0.25) is 29.5 Å². The molecule has 1 heterocycles. The maximum absolute atomic E-state index is 14.3. The Morgan fingerprint density at radius 1 is 0.712 bits per heavy atom. The zero-order valence-electron chi connectivity index (χ0n) is 29.6. The van der Waals surface area contributed by atoms with Crippen LogP contribution in [0.5, 0.6) is 0 Å². The molecule has 0 saturated heterocycles. The number of aromatic nitrogens is 2. The molecule has 11 N–H and O–H groups in total. The Kier molecular flexibility index (Phi) is 14.0. The predicted molar refractivity (Wildman–Crippen MR) is 198 cm³/mol. The van der Waals surface area contributed by atoms with E-state index >= 15 is 0 Å². The highest BCUT2D eigenvalue weighted by atomic mass is 16.2. The molecular weight excluding hydrogens is 662 g/mol. The minimum absolute atomic E-state index is 0.0374. The van der Waals surface area contributed by atoms with Crippen molar-refractivity contribution >= 4 is 40.3 Å². The minimum atomic E-state index is -1.29. The first-order chi connectivity index (χ1) is 24.8. The Hall–Kier alpha value is -5.60. The summed E-state index contributed by atoms with van der Waals surface area (Å²) in [5.41, 5.74) is 18.0. The van der Waals surface area contributed by atoms with Crippen LogP contribution in [0.15, 0.2) is 85.3 Å². The van der Waals surface area contributed by atoms with E-state index in [1.54, 1.807) is 0 Å². The van der Waals surface area contributed by atoms with Crippen LogP contribution in [0.25, 0.3) is 10.8 Å². The number of amides is 5. The quantitative estimate of drug-likeness (QED) is 0.0648. The van der Waals surface area contributed by atoms with Crippen molar-refractivity contribution in [3.05, 3.63) is 102 Å². The summed E-state index contributed by atoms with van der Waals surface area (Å²) in [4.78, 5) is 74.2. The number of hydrogen-bond acceptors (Lipinski definition) is 8. The van der Waals surface area contributed by atoms with Crippen LogP contribution in [-0.2, 0) is 43.2 Å². The van der Waals surface area contributed by atoms with Gasteiger partial charge in [-0.15, -0.1) is 0 Å². The van der Waals surface area contributed by atoms with Crippen LogP contribution in [0.1, 0.15) is 49.9 Å². The van der Waals surface area contributed by atoms with Crippen molar-refractivity contribution < 1.29 is 24.0 Å². The lowest BCUT2D eigenvalue weighted by Crippen LogP contribution is -2.60. The number of hydrogen-bond donors (Lipinski definition) is 8. The lowest BCUT2D eigenvalue weighted by atomic mass is 9.99. The van der Waals surface area contributed by atoms with Crippen molar-refractivity contribution in [1.29, 1.82) is 0 Å². The highest BCUT2D eigenvalue weighted by Crippen LogP contribution is 2.17. The van der Waals surface area contributed by atoms with E-state index in [2.05, 4.69) is 31.2 Å². The molecule has 14 heteroatoms. The Bertz CT molecular complexity index is 1810. The van der Waals surface area contributed by atoms with Crippen LogP contribution in [0, 0.1) is 0 Å². The number of nitrogens with two attached hydrogens (primary N) is 3. The van der Waals surface area contributed by atoms with Crippen LogP contribution in [-0.4, -0.2) is 75.8 Å². The predicted octanol–water partition coefficient (Wildman–Crippen LogP) is 0.882. The van der Waals surface area contributed by atoms with Gasteiger partial charge in [-0.05, 0) is 61.6 Å². The third kappa shape index (κ3) is 11.7. The Labute approximate surface area is 303 Å². The Balaban J connectivity index is 1.65. The fraction of sp³-hybridized carbons (Fsp3) is 0.368. The van der Waals surface area contributed by atoms with Gasteiger partial charge in [-0.3, -0.25) is 24.0 Å². The number of unbranched alkanes of at least 4 members (excludes halogenated alkanes) is 1. The number of H-pyrrole nitrogens is 1. The molecule has 0 aliphatic rings. The Morgan fingerprint density at radius 3 is 1.87 bits per heavy atom. The Morgan fingerprint density at radius 2 is 1.29 bits per heavy atom. The zero-order valence-corrected chi connectivity index (χ0v) is 29.6. The summed E-state index contributed by atoms with van der Waals surface area (Å²) in [5.74, 6) is -3.19. The fourth-order valence-corrected chi connectivity index (χ4v) is 5.63. The van der Waals surface area contributed by atoms with E-state index in [1.807, 2.05) is 72.8 Å². The van der Waals surface area contributed by atoms with Crippen LogP contribution in [0.3, 0.4) is 0 Å². The van der Waals surface area contributed by atoms with Crippen molar-refractivity contribution in [2.24, 2.45) is 17.2 Å². The molecule has 3 aromatic carbocycles. The number of benzene rings is 3. The molecule has 4 atom stereocenters. The molecule has 14 nitrogen and oxygen atoms in total. The van der Waals surface area contributed by atoms with Gasteiger partial charge in [-0.2, -0.15) is 0 Å². The molecule has 0 radical (unpaired) electrons. The van der Waals surface area contributed by atoms with Crippen molar-refractivity contribution in [3.63, 3.8) is 0 Å². The number of rotatable bonds is 19. The maximum atomic E-state index is 14.3. The summed E-state index contributed by atoms with van der Waals surface area (Å²) in [7, 11) is 0. The number of nitrogens with one attached hydrogen (secondary N) is 5. The number of aromatic amines is 1. The molecule has 0 fully saturated rings. The lowest BCUT2D eigenvalue weighted by molar-refractivity contribution is -0.134. The maximum Gasteiger partial charge on any atom is 0.243 e. The summed E-state index contributed by atoms with van der Waals surface area (Å²) in [6, 6.07) is 18.1. The van der Waals surface area contributed by atoms with Gasteiger partial charge < -0.3 is 43.5 Å². The van der Waals surface area contributed by atoms with Gasteiger partial charge >= 0.3 is 0 Å². The molecule has 276 valence electrons. The van der Waals surface area contributed by atoms with E-state index in [4.69, 9.17) is 17.2 Å². The molecule has 0 aliphatic heterocycles. The van der Waals surface area contributed by atoms with E-state index in [0.29, 0.717) is 25.1 Å². The number of carbonyl (C=O) groups excluding carboxylic acids is 5. The standard InChI is InChI=1S/C38H49N9O5/c1-38(2,41)37(52)47-32(21-28-22-42-23-43-28)36(51)46-31(20-25-15-16-26-12-6-7-13-27(26)18-25)35(50)45-30(19-24-10-4-3-5-11-24)34(49)44-29(33(40)48)14-8-9-17-39/h3-7,10-13,15-16,18,22-23,29-32H,8-9,14,17,19-21,39,41H2,1-2H3,(H2,40,48)(H,42,43)(H,44,49)(H,45,50)(H,46,51)(H,47,52)/t29-,30+,31?,32?/m0/s1. The third-order valence-electron chi connectivity index (χ3n) is 8.60. The van der Waals surface area contributed by atoms with Gasteiger partial charge in [0.15, 0.2) is 0 Å². The molecule has 1 aromatic heterocycles. The monoisotopic (exact) mass is 711 g/mol. The van der Waals surface area contributed by atoms with Crippen LogP contribution >= 0.6 is 0 Å². The number of carbonyl (C=O) groups is 5. The summed E-state index contributed by atoms with van der Waals surface area (Å²) in [6.07, 6.45) is 4.66. The average molecular weight is 712 g/mol. The summed E-state index contributed by atoms with van der Waals surface area (Å²) in [6.45, 7) is 3.46. The van der Waals surface area contributed by atoms with Crippen LogP contribution < -0.4 is 38.5 Å². The second-order valence-electron chi connectivity index (χ2n) is 13.5. The second kappa shape index (κ2) is 18.6. The highest BCUT2D eigenvalue weighted by molar-refractivity contribution is 5.96. The molecule has 4 rings (SSSR count). The van der Waals surface area contributed by atoms with Crippen molar-refractivity contribution in [2.75, 3.05) is 6.54 Å². The van der Waals surface area contributed by atoms with Crippen LogP contribution in [0.2, 0.25) is 0 Å². The topological polar surface area (TPSA) is 240 Å². The van der Waals surface area contributed by atoms with Crippen molar-refractivity contribution in [1.82, 2.24) is 31.2 Å². The number of nitrogens with zero attached hydrogens (tertiary/aromatic N) is 1. The molecule has 52 heavy (non-hydrogen) atoms. The normalized spacial score (nSPS) is 13.7. The highest BCUT2D eigenvalue weighted by Gasteiger charge is 2.33. The van der Waals surface area contributed by atoms with E-state index in [9.17, 15) is 24.0 Å². The number of imidazole rings is 1. The molecule has 4 aromatic rings. The minimum Gasteiger partial charge on any atom is -0.368 e. The molecule has 0 spiro atoms. The van der Waals surface area contributed by atoms with Crippen molar-refractivity contribution in [2.45, 2.75) is 82.1 Å². The smallest absolute Gasteiger partial charge is 0.243 e. The molecule has 0 bridgehead atoms. The molecule has 0 saturated carbocycles. The first-order valence-corrected chi connectivity index (χ1v) is 17.3. The van der Waals surface area contributed by atoms with Gasteiger partial charge in [-0.25, -0.2) is 4.98 Å². The number of fused-ring (bicyclic) bond motifs is 1. The summed E-state index contributed by atoms with van der Waals surface area (Å²) < 4.78 is 0. The second-order valence-corrected chi connectivity index (χ2v) is 13.5. The van der Waals surface area contributed by atoms with Gasteiger partial charge in [0.1, 0.15) is 24.2 Å².